The Labute approximate surface area is 209 Å². The van der Waals surface area contributed by atoms with Gasteiger partial charge in [0.1, 0.15) is 11.9 Å². The second-order valence-corrected chi connectivity index (χ2v) is 10.5. The summed E-state index contributed by atoms with van der Waals surface area (Å²) < 4.78 is 38.9. The van der Waals surface area contributed by atoms with E-state index in [1.165, 1.54) is 36.2 Å². The zero-order valence-corrected chi connectivity index (χ0v) is 21.6. The third-order valence-corrected chi connectivity index (χ3v) is 7.04. The van der Waals surface area contributed by atoms with Gasteiger partial charge in [0.2, 0.25) is 21.8 Å². The van der Waals surface area contributed by atoms with E-state index in [0.717, 1.165) is 10.6 Å². The third-order valence-electron chi connectivity index (χ3n) is 5.25. The zero-order valence-electron chi connectivity index (χ0n) is 19.2. The van der Waals surface area contributed by atoms with E-state index in [4.69, 9.17) is 23.2 Å². The number of likely N-dealkylation sites (N-methyl/N-ethyl adjacent to an activating group) is 1. The predicted molar refractivity (Wildman–Crippen MR) is 133 cm³/mol. The summed E-state index contributed by atoms with van der Waals surface area (Å²) in [5.74, 6) is -1.12. The average Bonchev–Trinajstić information content (AvgIpc) is 2.77. The van der Waals surface area contributed by atoms with Crippen molar-refractivity contribution in [1.82, 2.24) is 10.2 Å². The van der Waals surface area contributed by atoms with Gasteiger partial charge in [-0.25, -0.2) is 12.8 Å². The third kappa shape index (κ3) is 7.58. The molecule has 11 heteroatoms. The van der Waals surface area contributed by atoms with Crippen LogP contribution >= 0.6 is 23.2 Å². The summed E-state index contributed by atoms with van der Waals surface area (Å²) in [4.78, 5) is 27.1. The molecule has 2 aromatic carbocycles. The zero-order chi connectivity index (χ0) is 25.5. The lowest BCUT2D eigenvalue weighted by Crippen LogP contribution is -2.48. The number of halogens is 3. The number of carbonyl (C=O) groups excluding carboxylic acids is 2. The van der Waals surface area contributed by atoms with Gasteiger partial charge in [-0.15, -0.1) is 0 Å². The van der Waals surface area contributed by atoms with Gasteiger partial charge in [-0.2, -0.15) is 0 Å². The van der Waals surface area contributed by atoms with Crippen LogP contribution in [0.15, 0.2) is 42.5 Å². The van der Waals surface area contributed by atoms with Crippen LogP contribution in [0.25, 0.3) is 0 Å². The van der Waals surface area contributed by atoms with Gasteiger partial charge in [-0.05, 0) is 54.8 Å². The molecule has 0 heterocycles. The number of anilines is 1. The molecule has 1 N–H and O–H groups in total. The van der Waals surface area contributed by atoms with E-state index in [2.05, 4.69) is 5.32 Å². The van der Waals surface area contributed by atoms with Gasteiger partial charge in [-0.1, -0.05) is 36.2 Å². The fourth-order valence-electron chi connectivity index (χ4n) is 3.53. The lowest BCUT2D eigenvalue weighted by Gasteiger charge is -2.31. The first-order chi connectivity index (χ1) is 16.0. The number of nitrogens with one attached hydrogen (secondary N) is 1. The van der Waals surface area contributed by atoms with Crippen molar-refractivity contribution < 1.29 is 22.4 Å². The van der Waals surface area contributed by atoms with Gasteiger partial charge in [0.25, 0.3) is 0 Å². The van der Waals surface area contributed by atoms with Gasteiger partial charge in [-0.3, -0.25) is 13.9 Å². The molecule has 0 aliphatic carbocycles. The Hall–Kier alpha value is -2.36. The minimum absolute atomic E-state index is 0.00802. The highest BCUT2D eigenvalue weighted by Crippen LogP contribution is 2.25. The highest BCUT2D eigenvalue weighted by molar-refractivity contribution is 7.92. The number of hydrogen-bond acceptors (Lipinski definition) is 4. The molecule has 0 saturated carbocycles. The van der Waals surface area contributed by atoms with Crippen molar-refractivity contribution in [2.45, 2.75) is 38.8 Å². The van der Waals surface area contributed by atoms with Crippen LogP contribution in [0.5, 0.6) is 0 Å². The van der Waals surface area contributed by atoms with Crippen LogP contribution in [-0.2, 0) is 26.2 Å². The van der Waals surface area contributed by atoms with Gasteiger partial charge < -0.3 is 10.2 Å². The molecular weight excluding hydrogens is 504 g/mol. The second kappa shape index (κ2) is 12.4. The number of benzene rings is 2. The highest BCUT2D eigenvalue weighted by atomic mass is 35.5. The van der Waals surface area contributed by atoms with Crippen molar-refractivity contribution in [2.24, 2.45) is 0 Å². The molecule has 186 valence electrons. The van der Waals surface area contributed by atoms with Crippen LogP contribution in [-0.4, -0.2) is 51.0 Å². The molecule has 0 aromatic heterocycles. The average molecular weight is 532 g/mol. The first-order valence-corrected chi connectivity index (χ1v) is 13.3. The highest BCUT2D eigenvalue weighted by Gasteiger charge is 2.28. The standard InChI is InChI=1S/C23H28Cl2FN3O4S/c1-4-21(23(31)27-2)28(15-16-7-8-17(24)14-20(16)25)22(30)6-5-13-29(34(3,32)33)19-11-9-18(26)10-12-19/h7-12,14,21H,4-6,13,15H2,1-3H3,(H,27,31)/t21-/m0/s1. The molecule has 2 amide bonds. The topological polar surface area (TPSA) is 86.8 Å². The largest absolute Gasteiger partial charge is 0.357 e. The number of sulfonamides is 1. The van der Waals surface area contributed by atoms with E-state index in [1.807, 2.05) is 0 Å². The maximum absolute atomic E-state index is 13.3. The quantitative estimate of drug-likeness (QED) is 0.469. The molecule has 0 bridgehead atoms. The monoisotopic (exact) mass is 531 g/mol. The maximum atomic E-state index is 13.3. The summed E-state index contributed by atoms with van der Waals surface area (Å²) in [7, 11) is -2.16. The molecule has 0 spiro atoms. The number of nitrogens with zero attached hydrogens (tertiary/aromatic N) is 2. The van der Waals surface area contributed by atoms with E-state index < -0.39 is 21.9 Å². The molecular formula is C23H28Cl2FN3O4S. The van der Waals surface area contributed by atoms with Gasteiger partial charge in [0.15, 0.2) is 0 Å². The number of amides is 2. The summed E-state index contributed by atoms with van der Waals surface area (Å²) in [5.41, 5.74) is 0.934. The van der Waals surface area contributed by atoms with Crippen LogP contribution in [0.4, 0.5) is 10.1 Å². The fourth-order valence-corrected chi connectivity index (χ4v) is 4.96. The minimum Gasteiger partial charge on any atom is -0.357 e. The first kappa shape index (κ1) is 27.9. The fraction of sp³-hybridized carbons (Fsp3) is 0.391. The molecule has 7 nitrogen and oxygen atoms in total. The van der Waals surface area contributed by atoms with Crippen molar-refractivity contribution in [3.8, 4) is 0 Å². The summed E-state index contributed by atoms with van der Waals surface area (Å²) in [5, 5.41) is 3.40. The van der Waals surface area contributed by atoms with Gasteiger partial charge in [0, 0.05) is 36.6 Å². The number of rotatable bonds is 11. The smallest absolute Gasteiger partial charge is 0.242 e. The van der Waals surface area contributed by atoms with E-state index in [0.29, 0.717) is 27.7 Å². The number of carbonyl (C=O) groups is 2. The molecule has 0 saturated heterocycles. The van der Waals surface area contributed by atoms with Crippen LogP contribution < -0.4 is 9.62 Å². The normalized spacial score (nSPS) is 12.2. The molecule has 1 atom stereocenters. The van der Waals surface area contributed by atoms with Crippen molar-refractivity contribution in [3.63, 3.8) is 0 Å². The van der Waals surface area contributed by atoms with Crippen molar-refractivity contribution >= 4 is 50.7 Å². The Morgan fingerprint density at radius 1 is 1.12 bits per heavy atom. The molecule has 0 fully saturated rings. The summed E-state index contributed by atoms with van der Waals surface area (Å²) >= 11 is 12.3. The Kier molecular flexibility index (Phi) is 10.1. The van der Waals surface area contributed by atoms with E-state index >= 15 is 0 Å². The van der Waals surface area contributed by atoms with E-state index in [1.54, 1.807) is 25.1 Å². The summed E-state index contributed by atoms with van der Waals surface area (Å²) in [6.45, 7) is 1.90. The Morgan fingerprint density at radius 3 is 2.29 bits per heavy atom. The summed E-state index contributed by atoms with van der Waals surface area (Å²) in [6, 6.07) is 9.26. The van der Waals surface area contributed by atoms with E-state index in [-0.39, 0.29) is 37.7 Å². The predicted octanol–water partition coefficient (Wildman–Crippen LogP) is 4.23. The molecule has 2 rings (SSSR count). The Balaban J connectivity index is 2.21. The molecule has 2 aromatic rings. The maximum Gasteiger partial charge on any atom is 0.242 e. The summed E-state index contributed by atoms with van der Waals surface area (Å²) in [6.07, 6.45) is 1.61. The Bertz CT molecular complexity index is 1110. The van der Waals surface area contributed by atoms with E-state index in [9.17, 15) is 22.4 Å². The molecule has 0 aliphatic heterocycles. The minimum atomic E-state index is -3.65. The molecule has 0 unspecified atom stereocenters. The van der Waals surface area contributed by atoms with Crippen molar-refractivity contribution in [3.05, 3.63) is 63.9 Å². The van der Waals surface area contributed by atoms with Gasteiger partial charge >= 0.3 is 0 Å². The Morgan fingerprint density at radius 2 is 1.76 bits per heavy atom. The lowest BCUT2D eigenvalue weighted by molar-refractivity contribution is -0.141. The van der Waals surface area contributed by atoms with Crippen LogP contribution in [0, 0.1) is 5.82 Å². The molecule has 0 radical (unpaired) electrons. The lowest BCUT2D eigenvalue weighted by atomic mass is 10.1. The van der Waals surface area contributed by atoms with Crippen LogP contribution in [0.3, 0.4) is 0 Å². The van der Waals surface area contributed by atoms with Crippen molar-refractivity contribution in [1.29, 1.82) is 0 Å². The second-order valence-electron chi connectivity index (χ2n) is 7.71. The molecule has 0 aliphatic rings. The molecule has 34 heavy (non-hydrogen) atoms. The first-order valence-electron chi connectivity index (χ1n) is 10.7. The van der Waals surface area contributed by atoms with Crippen molar-refractivity contribution in [2.75, 3.05) is 24.2 Å². The van der Waals surface area contributed by atoms with Gasteiger partial charge in [0.05, 0.1) is 11.9 Å². The number of hydrogen-bond donors (Lipinski definition) is 1. The van der Waals surface area contributed by atoms with Crippen LogP contribution in [0.2, 0.25) is 10.0 Å². The SMILES string of the molecule is CC[C@@H](C(=O)NC)N(Cc1ccc(Cl)cc1Cl)C(=O)CCCN(c1ccc(F)cc1)S(C)(=O)=O. The van der Waals surface area contributed by atoms with Crippen LogP contribution in [0.1, 0.15) is 31.7 Å².